The van der Waals surface area contributed by atoms with Crippen LogP contribution in [0.3, 0.4) is 0 Å². The Balaban J connectivity index is 1.59. The van der Waals surface area contributed by atoms with E-state index in [0.29, 0.717) is 28.9 Å². The Morgan fingerprint density at radius 3 is 2.50 bits per heavy atom. The van der Waals surface area contributed by atoms with E-state index in [9.17, 15) is 0 Å². The zero-order valence-corrected chi connectivity index (χ0v) is 17.6. The fraction of sp³-hybridized carbons (Fsp3) is 0.130. The van der Waals surface area contributed by atoms with Crippen molar-refractivity contribution in [1.29, 1.82) is 0 Å². The molecule has 0 saturated heterocycles. The van der Waals surface area contributed by atoms with Gasteiger partial charge in [0, 0.05) is 10.4 Å². The molecule has 3 aromatic carbocycles. The molecule has 0 N–H and O–H groups in total. The number of hydrogen-bond acceptors (Lipinski definition) is 4. The van der Waals surface area contributed by atoms with Gasteiger partial charge < -0.3 is 14.0 Å². The highest BCUT2D eigenvalue weighted by atomic mass is 35.5. The first-order chi connectivity index (χ1) is 14.6. The fourth-order valence-electron chi connectivity index (χ4n) is 3.61. The van der Waals surface area contributed by atoms with Crippen LogP contribution in [-0.2, 0) is 6.54 Å². The lowest BCUT2D eigenvalue weighted by Gasteiger charge is -2.11. The second kappa shape index (κ2) is 7.67. The van der Waals surface area contributed by atoms with Crippen molar-refractivity contribution >= 4 is 56.3 Å². The first-order valence-electron chi connectivity index (χ1n) is 9.44. The van der Waals surface area contributed by atoms with Gasteiger partial charge in [0.05, 0.1) is 35.2 Å². The highest BCUT2D eigenvalue weighted by Crippen LogP contribution is 2.32. The molecule has 0 amide bonds. The summed E-state index contributed by atoms with van der Waals surface area (Å²) in [6.07, 6.45) is 0. The van der Waals surface area contributed by atoms with E-state index in [1.165, 1.54) is 0 Å². The molecule has 0 spiro atoms. The summed E-state index contributed by atoms with van der Waals surface area (Å²) in [6, 6.07) is 19.0. The minimum Gasteiger partial charge on any atom is -0.497 e. The molecule has 0 aliphatic rings. The van der Waals surface area contributed by atoms with E-state index in [0.717, 1.165) is 38.8 Å². The van der Waals surface area contributed by atoms with Gasteiger partial charge in [-0.05, 0) is 48.5 Å². The zero-order chi connectivity index (χ0) is 20.7. The average molecular weight is 438 g/mol. The third-order valence-corrected chi connectivity index (χ3v) is 5.55. The Labute approximate surface area is 182 Å². The van der Waals surface area contributed by atoms with E-state index < -0.39 is 0 Å². The van der Waals surface area contributed by atoms with Crippen LogP contribution >= 0.6 is 23.2 Å². The van der Waals surface area contributed by atoms with Crippen LogP contribution in [0.15, 0.2) is 60.7 Å². The summed E-state index contributed by atoms with van der Waals surface area (Å²) in [4.78, 5) is 9.76. The van der Waals surface area contributed by atoms with Crippen molar-refractivity contribution in [1.82, 2.24) is 14.5 Å². The topological polar surface area (TPSA) is 49.2 Å². The Morgan fingerprint density at radius 2 is 1.73 bits per heavy atom. The molecule has 0 atom stereocenters. The number of ether oxygens (including phenoxy) is 2. The van der Waals surface area contributed by atoms with Gasteiger partial charge in [-0.3, -0.25) is 0 Å². The number of fused-ring (bicyclic) bond motifs is 4. The molecule has 0 fully saturated rings. The lowest BCUT2D eigenvalue weighted by molar-refractivity contribution is 0.302. The summed E-state index contributed by atoms with van der Waals surface area (Å²) in [5, 5.41) is 2.05. The SMILES string of the molecule is COc1ccc2c(c1)c1nc3ccccc3nc1n2CCOc1ccc(Cl)cc1Cl. The summed E-state index contributed by atoms with van der Waals surface area (Å²) in [5.74, 6) is 1.38. The van der Waals surface area contributed by atoms with E-state index >= 15 is 0 Å². The van der Waals surface area contributed by atoms with Crippen molar-refractivity contribution in [3.63, 3.8) is 0 Å². The maximum Gasteiger partial charge on any atom is 0.160 e. The molecule has 0 aliphatic carbocycles. The van der Waals surface area contributed by atoms with Gasteiger partial charge in [-0.1, -0.05) is 35.3 Å². The molecule has 0 saturated carbocycles. The number of benzene rings is 3. The van der Waals surface area contributed by atoms with Crippen molar-refractivity contribution in [3.8, 4) is 11.5 Å². The predicted molar refractivity (Wildman–Crippen MR) is 121 cm³/mol. The lowest BCUT2D eigenvalue weighted by atomic mass is 10.2. The third kappa shape index (κ3) is 3.30. The highest BCUT2D eigenvalue weighted by molar-refractivity contribution is 6.35. The summed E-state index contributed by atoms with van der Waals surface area (Å²) < 4.78 is 13.5. The number of halogens is 2. The molecule has 7 heteroatoms. The van der Waals surface area contributed by atoms with E-state index in [-0.39, 0.29) is 0 Å². The largest absolute Gasteiger partial charge is 0.497 e. The number of nitrogens with zero attached hydrogens (tertiary/aromatic N) is 3. The van der Waals surface area contributed by atoms with Gasteiger partial charge in [0.2, 0.25) is 0 Å². The van der Waals surface area contributed by atoms with Gasteiger partial charge >= 0.3 is 0 Å². The summed E-state index contributed by atoms with van der Waals surface area (Å²) in [5.41, 5.74) is 4.38. The second-order valence-corrected chi connectivity index (χ2v) is 7.69. The minimum atomic E-state index is 0.417. The average Bonchev–Trinajstić information content (AvgIpc) is 3.05. The number of methoxy groups -OCH3 is 1. The van der Waals surface area contributed by atoms with Gasteiger partial charge in [-0.25, -0.2) is 9.97 Å². The van der Waals surface area contributed by atoms with Crippen molar-refractivity contribution in [2.75, 3.05) is 13.7 Å². The van der Waals surface area contributed by atoms with Crippen LogP contribution in [0.4, 0.5) is 0 Å². The fourth-order valence-corrected chi connectivity index (χ4v) is 4.07. The third-order valence-electron chi connectivity index (χ3n) is 5.02. The zero-order valence-electron chi connectivity index (χ0n) is 16.1. The predicted octanol–water partition coefficient (Wildman–Crippen LogP) is 6.13. The number of rotatable bonds is 5. The first-order valence-corrected chi connectivity index (χ1v) is 10.2. The van der Waals surface area contributed by atoms with Crippen LogP contribution in [0, 0.1) is 0 Å². The van der Waals surface area contributed by atoms with E-state index in [1.54, 1.807) is 25.3 Å². The molecule has 5 aromatic rings. The molecule has 0 bridgehead atoms. The first kappa shape index (κ1) is 19.0. The van der Waals surface area contributed by atoms with Gasteiger partial charge in [-0.2, -0.15) is 0 Å². The molecule has 5 rings (SSSR count). The van der Waals surface area contributed by atoms with Gasteiger partial charge in [-0.15, -0.1) is 0 Å². The van der Waals surface area contributed by atoms with Crippen LogP contribution in [0.2, 0.25) is 10.0 Å². The van der Waals surface area contributed by atoms with Gasteiger partial charge in [0.15, 0.2) is 5.65 Å². The number of para-hydroxylation sites is 2. The number of aromatic nitrogens is 3. The van der Waals surface area contributed by atoms with Crippen LogP contribution in [0.1, 0.15) is 0 Å². The molecule has 2 heterocycles. The smallest absolute Gasteiger partial charge is 0.160 e. The quantitative estimate of drug-likeness (QED) is 0.331. The Hall–Kier alpha value is -3.02. The van der Waals surface area contributed by atoms with Crippen LogP contribution in [-0.4, -0.2) is 28.3 Å². The van der Waals surface area contributed by atoms with Gasteiger partial charge in [0.25, 0.3) is 0 Å². The maximum atomic E-state index is 6.23. The van der Waals surface area contributed by atoms with Crippen LogP contribution < -0.4 is 9.47 Å². The normalized spacial score (nSPS) is 11.4. The highest BCUT2D eigenvalue weighted by Gasteiger charge is 2.15. The maximum absolute atomic E-state index is 6.23. The van der Waals surface area contributed by atoms with Crippen molar-refractivity contribution < 1.29 is 9.47 Å². The van der Waals surface area contributed by atoms with Crippen molar-refractivity contribution in [3.05, 3.63) is 70.7 Å². The van der Waals surface area contributed by atoms with Crippen molar-refractivity contribution in [2.45, 2.75) is 6.54 Å². The molecule has 2 aromatic heterocycles. The van der Waals surface area contributed by atoms with Gasteiger partial charge in [0.1, 0.15) is 23.6 Å². The molecular formula is C23H17Cl2N3O2. The lowest BCUT2D eigenvalue weighted by Crippen LogP contribution is -2.09. The summed E-state index contributed by atoms with van der Waals surface area (Å²) in [6.45, 7) is 0.999. The summed E-state index contributed by atoms with van der Waals surface area (Å²) in [7, 11) is 1.66. The Bertz CT molecular complexity index is 1400. The standard InChI is InChI=1S/C23H17Cl2N3O2/c1-29-15-7-8-20-16(13-15)22-23(27-19-5-3-2-4-18(19)26-22)28(20)10-11-30-21-9-6-14(24)12-17(21)25/h2-9,12-13H,10-11H2,1H3. The Kier molecular flexibility index (Phi) is 4.85. The van der Waals surface area contributed by atoms with Crippen molar-refractivity contribution in [2.24, 2.45) is 0 Å². The monoisotopic (exact) mass is 437 g/mol. The second-order valence-electron chi connectivity index (χ2n) is 6.84. The molecular weight excluding hydrogens is 421 g/mol. The van der Waals surface area contributed by atoms with E-state index in [4.69, 9.17) is 42.6 Å². The minimum absolute atomic E-state index is 0.417. The molecule has 0 radical (unpaired) electrons. The Morgan fingerprint density at radius 1 is 0.933 bits per heavy atom. The molecule has 150 valence electrons. The molecule has 30 heavy (non-hydrogen) atoms. The van der Waals surface area contributed by atoms with Crippen LogP contribution in [0.5, 0.6) is 11.5 Å². The molecule has 0 unspecified atom stereocenters. The molecule has 5 nitrogen and oxygen atoms in total. The van der Waals surface area contributed by atoms with E-state index in [2.05, 4.69) is 4.57 Å². The summed E-state index contributed by atoms with van der Waals surface area (Å²) >= 11 is 12.2. The van der Waals surface area contributed by atoms with Crippen LogP contribution in [0.25, 0.3) is 33.1 Å². The number of hydrogen-bond donors (Lipinski definition) is 0. The van der Waals surface area contributed by atoms with E-state index in [1.807, 2.05) is 42.5 Å². The molecule has 0 aliphatic heterocycles.